The van der Waals surface area contributed by atoms with E-state index in [2.05, 4.69) is 0 Å². The maximum Gasteiger partial charge on any atom is 0.264 e. The molecule has 36 heavy (non-hydrogen) atoms. The van der Waals surface area contributed by atoms with E-state index in [-0.39, 0.29) is 24.0 Å². The number of ether oxygens (including phenoxy) is 2. The van der Waals surface area contributed by atoms with Gasteiger partial charge >= 0.3 is 0 Å². The first-order valence-corrected chi connectivity index (χ1v) is 14.8. The Bertz CT molecular complexity index is 1200. The monoisotopic (exact) mass is 562 g/mol. The zero-order chi connectivity index (χ0) is 26.7. The van der Waals surface area contributed by atoms with Crippen molar-refractivity contribution in [2.45, 2.75) is 80.8 Å². The summed E-state index contributed by atoms with van der Waals surface area (Å²) in [6.45, 7) is 6.50. The van der Waals surface area contributed by atoms with Gasteiger partial charge < -0.3 is 14.6 Å². The van der Waals surface area contributed by atoms with Gasteiger partial charge in [0.15, 0.2) is 23.0 Å². The van der Waals surface area contributed by atoms with E-state index in [9.17, 15) is 23.1 Å². The predicted octanol–water partition coefficient (Wildman–Crippen LogP) is 2.89. The third-order valence-electron chi connectivity index (χ3n) is 9.44. The van der Waals surface area contributed by atoms with Gasteiger partial charge in [0.25, 0.3) is 10.1 Å². The highest BCUT2D eigenvalue weighted by molar-refractivity contribution is 7.86. The predicted molar refractivity (Wildman–Crippen MR) is 132 cm³/mol. The summed E-state index contributed by atoms with van der Waals surface area (Å²) in [6, 6.07) is 0. The second kappa shape index (κ2) is 7.87. The molecule has 0 aromatic heterocycles. The number of aliphatic hydroxyl groups excluding tert-OH is 1. The molecular formula is C25H32Cl2O8S. The van der Waals surface area contributed by atoms with Gasteiger partial charge in [-0.1, -0.05) is 19.9 Å². The number of allylic oxidation sites excluding steroid dienone is 4. The van der Waals surface area contributed by atoms with Crippen LogP contribution in [0.4, 0.5) is 0 Å². The first kappa shape index (κ1) is 26.8. The van der Waals surface area contributed by atoms with Crippen LogP contribution < -0.4 is 0 Å². The van der Waals surface area contributed by atoms with Gasteiger partial charge in [-0.25, -0.2) is 0 Å². The lowest BCUT2D eigenvalue weighted by molar-refractivity contribution is -0.222. The first-order valence-electron chi connectivity index (χ1n) is 12.1. The van der Waals surface area contributed by atoms with E-state index in [4.69, 9.17) is 36.9 Å². The molecule has 4 fully saturated rings. The van der Waals surface area contributed by atoms with Crippen LogP contribution in [0.15, 0.2) is 23.8 Å². The maximum atomic E-state index is 13.8. The molecule has 1 saturated heterocycles. The van der Waals surface area contributed by atoms with Crippen molar-refractivity contribution in [3.05, 3.63) is 23.8 Å². The van der Waals surface area contributed by atoms with E-state index in [0.29, 0.717) is 18.4 Å². The molecule has 0 amide bonds. The smallest absolute Gasteiger partial charge is 0.264 e. The van der Waals surface area contributed by atoms with Gasteiger partial charge in [-0.15, -0.1) is 23.2 Å². The molecule has 9 atom stereocenters. The molecule has 200 valence electrons. The fourth-order valence-corrected chi connectivity index (χ4v) is 9.36. The highest BCUT2D eigenvalue weighted by atomic mass is 35.5. The molecule has 0 radical (unpaired) electrons. The van der Waals surface area contributed by atoms with E-state index in [0.717, 1.165) is 6.26 Å². The molecular weight excluding hydrogens is 531 g/mol. The minimum absolute atomic E-state index is 0.107. The molecule has 1 aliphatic heterocycles. The molecule has 1 N–H and O–H groups in total. The minimum atomic E-state index is -3.88. The molecule has 0 spiro atoms. The summed E-state index contributed by atoms with van der Waals surface area (Å²) in [6.07, 6.45) is 4.75. The molecule has 5 aliphatic rings. The van der Waals surface area contributed by atoms with Crippen LogP contribution in [0.2, 0.25) is 0 Å². The Morgan fingerprint density at radius 2 is 1.89 bits per heavy atom. The first-order chi connectivity index (χ1) is 16.4. The molecule has 11 heteroatoms. The molecule has 5 rings (SSSR count). The summed E-state index contributed by atoms with van der Waals surface area (Å²) < 4.78 is 40.9. The number of carbonyl (C=O) groups is 2. The zero-order valence-corrected chi connectivity index (χ0v) is 23.2. The summed E-state index contributed by atoms with van der Waals surface area (Å²) in [4.78, 5) is 24.8. The number of hydrogen-bond donors (Lipinski definition) is 1. The highest BCUT2D eigenvalue weighted by Gasteiger charge is 2.79. The lowest BCUT2D eigenvalue weighted by Gasteiger charge is -2.64. The second-order valence-electron chi connectivity index (χ2n) is 11.8. The van der Waals surface area contributed by atoms with Crippen LogP contribution in [-0.4, -0.2) is 71.8 Å². The van der Waals surface area contributed by atoms with Gasteiger partial charge in [0.1, 0.15) is 6.61 Å². The quantitative estimate of drug-likeness (QED) is 0.410. The van der Waals surface area contributed by atoms with Crippen molar-refractivity contribution in [3.8, 4) is 0 Å². The van der Waals surface area contributed by atoms with Crippen molar-refractivity contribution in [2.24, 2.45) is 22.7 Å². The summed E-state index contributed by atoms with van der Waals surface area (Å²) in [5, 5.41) is 11.3. The molecule has 8 nitrogen and oxygen atoms in total. The Morgan fingerprint density at radius 3 is 2.53 bits per heavy atom. The number of carbonyl (C=O) groups excluding carboxylic acids is 2. The summed E-state index contributed by atoms with van der Waals surface area (Å²) in [5.74, 6) is -2.41. The Kier molecular flexibility index (Phi) is 5.85. The average Bonchev–Trinajstić information content (AvgIpc) is 3.16. The SMILES string of the molecule is CC1(C)O[C@@H]2C[C@H]3[C@@H]4C[C@H](Cl)C5=CC(=O)C=C[C@]5(C)[C@@]4(Cl)[C@@H](O)C[C@]3(C)[C@]2(C(=O)COS(C)(=O)=O)O1. The molecule has 0 aromatic rings. The molecule has 4 aliphatic carbocycles. The highest BCUT2D eigenvalue weighted by Crippen LogP contribution is 2.73. The third kappa shape index (κ3) is 3.36. The van der Waals surface area contributed by atoms with Gasteiger partial charge in [-0.2, -0.15) is 8.42 Å². The van der Waals surface area contributed by atoms with Crippen LogP contribution in [-0.2, 0) is 33.4 Å². The maximum absolute atomic E-state index is 13.8. The van der Waals surface area contributed by atoms with Gasteiger partial charge in [0.05, 0.1) is 28.7 Å². The van der Waals surface area contributed by atoms with Crippen LogP contribution in [0.5, 0.6) is 0 Å². The molecule has 0 unspecified atom stereocenters. The largest absolute Gasteiger partial charge is 0.391 e. The third-order valence-corrected chi connectivity index (χ3v) is 11.3. The lowest BCUT2D eigenvalue weighted by Crippen LogP contribution is -2.70. The summed E-state index contributed by atoms with van der Waals surface area (Å²) in [5.41, 5.74) is -2.69. The normalized spacial score (nSPS) is 49.1. The average molecular weight is 563 g/mol. The van der Waals surface area contributed by atoms with Crippen molar-refractivity contribution >= 4 is 44.9 Å². The number of alkyl halides is 2. The van der Waals surface area contributed by atoms with Crippen LogP contribution in [0.1, 0.15) is 47.0 Å². The lowest BCUT2D eigenvalue weighted by atomic mass is 9.45. The summed E-state index contributed by atoms with van der Waals surface area (Å²) in [7, 11) is -3.88. The summed E-state index contributed by atoms with van der Waals surface area (Å²) >= 11 is 14.3. The van der Waals surface area contributed by atoms with Crippen molar-refractivity contribution in [1.82, 2.24) is 0 Å². The van der Waals surface area contributed by atoms with Gasteiger partial charge in [0.2, 0.25) is 0 Å². The Hall–Kier alpha value is -0.810. The molecule has 0 bridgehead atoms. The Labute approximate surface area is 221 Å². The van der Waals surface area contributed by atoms with Gasteiger partial charge in [-0.05, 0) is 62.7 Å². The van der Waals surface area contributed by atoms with E-state index < -0.39 is 67.2 Å². The van der Waals surface area contributed by atoms with E-state index in [1.54, 1.807) is 19.9 Å². The number of Topliss-reactive ketones (excluding diaryl/α,β-unsaturated/α-hetero) is 1. The minimum Gasteiger partial charge on any atom is -0.391 e. The van der Waals surface area contributed by atoms with Crippen molar-refractivity contribution < 1.29 is 36.8 Å². The van der Waals surface area contributed by atoms with E-state index >= 15 is 0 Å². The fourth-order valence-electron chi connectivity index (χ4n) is 8.07. The number of ketones is 2. The standard InChI is InChI=1S/C25H32Cl2O8S/c1-21(2)34-20-10-14-15-9-17(26)16-8-13(28)6-7-22(16,3)24(15,27)18(29)11-23(14,4)25(20,35-21)19(30)12-33-36(5,31)32/h6-8,14-15,17-18,20,29H,9-12H2,1-5H3/t14-,15-,17-,18-,20+,22-,23-,24-,25+/m0/s1. The number of fused-ring (bicyclic) bond motifs is 7. The van der Waals surface area contributed by atoms with Crippen molar-refractivity contribution in [3.63, 3.8) is 0 Å². The second-order valence-corrected chi connectivity index (χ2v) is 14.6. The molecule has 3 saturated carbocycles. The van der Waals surface area contributed by atoms with Gasteiger partial charge in [-0.3, -0.25) is 13.8 Å². The van der Waals surface area contributed by atoms with E-state index in [1.165, 1.54) is 12.2 Å². The van der Waals surface area contributed by atoms with Crippen LogP contribution in [0.25, 0.3) is 0 Å². The number of rotatable bonds is 4. The van der Waals surface area contributed by atoms with Crippen LogP contribution >= 0.6 is 23.2 Å². The fraction of sp³-hybridized carbons (Fsp3) is 0.760. The van der Waals surface area contributed by atoms with Crippen LogP contribution in [0.3, 0.4) is 0 Å². The number of hydrogen-bond acceptors (Lipinski definition) is 8. The number of aliphatic hydroxyl groups is 1. The van der Waals surface area contributed by atoms with Crippen molar-refractivity contribution in [2.75, 3.05) is 12.9 Å². The molecule has 1 heterocycles. The molecule has 0 aromatic carbocycles. The van der Waals surface area contributed by atoms with E-state index in [1.807, 2.05) is 13.8 Å². The Balaban J connectivity index is 1.62. The van der Waals surface area contributed by atoms with Crippen LogP contribution in [0, 0.1) is 22.7 Å². The number of halogens is 2. The zero-order valence-electron chi connectivity index (χ0n) is 20.9. The van der Waals surface area contributed by atoms with Gasteiger partial charge in [0, 0.05) is 10.8 Å². The topological polar surface area (TPSA) is 116 Å². The van der Waals surface area contributed by atoms with Crippen molar-refractivity contribution in [1.29, 1.82) is 0 Å². The Morgan fingerprint density at radius 1 is 1.22 bits per heavy atom.